The van der Waals surface area contributed by atoms with Crippen molar-refractivity contribution < 1.29 is 13.2 Å². The third-order valence-electron chi connectivity index (χ3n) is 2.25. The van der Waals surface area contributed by atoms with Crippen LogP contribution in [0.5, 0.6) is 0 Å². The number of nitrogens with zero attached hydrogens (tertiary/aromatic N) is 2. The molecule has 0 atom stereocenters. The molecule has 0 aliphatic carbocycles. The highest BCUT2D eigenvalue weighted by molar-refractivity contribution is 9.10. The Labute approximate surface area is 97.2 Å². The number of hydrogen-bond acceptors (Lipinski definition) is 2. The van der Waals surface area contributed by atoms with E-state index in [4.69, 9.17) is 0 Å². The summed E-state index contributed by atoms with van der Waals surface area (Å²) in [6.45, 7) is 3.41. The molecule has 0 aliphatic heterocycles. The van der Waals surface area contributed by atoms with Gasteiger partial charge in [-0.2, -0.15) is 13.2 Å². The Hall–Kier alpha value is -1.11. The molecule has 2 aromatic rings. The molecule has 0 aliphatic rings. The molecule has 0 saturated carbocycles. The molecule has 0 bridgehead atoms. The third-order valence-corrected chi connectivity index (χ3v) is 3.42. The summed E-state index contributed by atoms with van der Waals surface area (Å²) >= 11 is 3.27. The first-order chi connectivity index (χ1) is 7.30. The summed E-state index contributed by atoms with van der Waals surface area (Å²) in [5.74, 6) is -1.02. The molecular weight excluding hydrogens is 287 g/mol. The van der Waals surface area contributed by atoms with Crippen LogP contribution in [0.4, 0.5) is 13.2 Å². The lowest BCUT2D eigenvalue weighted by atomic mass is 10.2. The van der Waals surface area contributed by atoms with Gasteiger partial charge in [-0.05, 0) is 35.3 Å². The molecule has 0 aromatic carbocycles. The van der Waals surface area contributed by atoms with Gasteiger partial charge in [-0.15, -0.1) is 0 Å². The lowest BCUT2D eigenvalue weighted by molar-refractivity contribution is -0.144. The molecule has 2 heterocycles. The van der Waals surface area contributed by atoms with Crippen molar-refractivity contribution in [2.24, 2.45) is 0 Å². The fourth-order valence-electron chi connectivity index (χ4n) is 1.43. The molecule has 0 saturated heterocycles. The monoisotopic (exact) mass is 293 g/mol. The molecule has 0 unspecified atom stereocenters. The SMILES string of the molecule is Cc1nc2nc(C(F)(F)F)[nH]c2c(C)c1Br. The van der Waals surface area contributed by atoms with Gasteiger partial charge in [0.25, 0.3) is 0 Å². The van der Waals surface area contributed by atoms with Gasteiger partial charge in [0.15, 0.2) is 5.65 Å². The van der Waals surface area contributed by atoms with Crippen LogP contribution in [0.2, 0.25) is 0 Å². The van der Waals surface area contributed by atoms with Gasteiger partial charge in [-0.25, -0.2) is 9.97 Å². The molecule has 3 nitrogen and oxygen atoms in total. The van der Waals surface area contributed by atoms with Crippen molar-refractivity contribution in [3.05, 3.63) is 21.6 Å². The van der Waals surface area contributed by atoms with Crippen LogP contribution in [0.15, 0.2) is 4.47 Å². The van der Waals surface area contributed by atoms with Crippen LogP contribution in [0.1, 0.15) is 17.1 Å². The summed E-state index contributed by atoms with van der Waals surface area (Å²) in [7, 11) is 0. The minimum absolute atomic E-state index is 0.0884. The number of aryl methyl sites for hydroxylation is 2. The van der Waals surface area contributed by atoms with Crippen LogP contribution >= 0.6 is 15.9 Å². The lowest BCUT2D eigenvalue weighted by Gasteiger charge is -2.01. The zero-order chi connectivity index (χ0) is 12.1. The van der Waals surface area contributed by atoms with Gasteiger partial charge in [0.05, 0.1) is 11.2 Å². The number of H-pyrrole nitrogens is 1. The van der Waals surface area contributed by atoms with Gasteiger partial charge in [0.1, 0.15) is 0 Å². The second kappa shape index (κ2) is 3.44. The Morgan fingerprint density at radius 1 is 1.19 bits per heavy atom. The lowest BCUT2D eigenvalue weighted by Crippen LogP contribution is -2.06. The first-order valence-corrected chi connectivity index (χ1v) is 5.19. The van der Waals surface area contributed by atoms with E-state index in [0.717, 1.165) is 0 Å². The molecule has 1 N–H and O–H groups in total. The Kier molecular flexibility index (Phi) is 2.45. The number of aromatic amines is 1. The van der Waals surface area contributed by atoms with Gasteiger partial charge in [0, 0.05) is 4.47 Å². The molecule has 0 fully saturated rings. The Bertz CT molecular complexity index is 559. The average Bonchev–Trinajstić information content (AvgIpc) is 2.57. The van der Waals surface area contributed by atoms with Crippen molar-refractivity contribution >= 4 is 27.1 Å². The van der Waals surface area contributed by atoms with Crippen molar-refractivity contribution in [3.8, 4) is 0 Å². The van der Waals surface area contributed by atoms with E-state index in [2.05, 4.69) is 30.9 Å². The highest BCUT2D eigenvalue weighted by Gasteiger charge is 2.35. The van der Waals surface area contributed by atoms with Gasteiger partial charge in [-0.3, -0.25) is 0 Å². The van der Waals surface area contributed by atoms with Crippen molar-refractivity contribution in [1.29, 1.82) is 0 Å². The van der Waals surface area contributed by atoms with E-state index in [9.17, 15) is 13.2 Å². The number of aromatic nitrogens is 3. The maximum absolute atomic E-state index is 12.4. The van der Waals surface area contributed by atoms with Crippen molar-refractivity contribution in [1.82, 2.24) is 15.0 Å². The van der Waals surface area contributed by atoms with E-state index < -0.39 is 12.0 Å². The van der Waals surface area contributed by atoms with E-state index >= 15 is 0 Å². The third kappa shape index (κ3) is 1.68. The highest BCUT2D eigenvalue weighted by atomic mass is 79.9. The molecular formula is C9H7BrF3N3. The van der Waals surface area contributed by atoms with Gasteiger partial charge in [-0.1, -0.05) is 0 Å². The van der Waals surface area contributed by atoms with Gasteiger partial charge >= 0.3 is 6.18 Å². The van der Waals surface area contributed by atoms with Crippen molar-refractivity contribution in [3.63, 3.8) is 0 Å². The zero-order valence-electron chi connectivity index (χ0n) is 8.41. The van der Waals surface area contributed by atoms with E-state index in [0.29, 0.717) is 21.2 Å². The number of hydrogen-bond donors (Lipinski definition) is 1. The van der Waals surface area contributed by atoms with Crippen LogP contribution in [-0.4, -0.2) is 15.0 Å². The number of halogens is 4. The maximum atomic E-state index is 12.4. The molecule has 16 heavy (non-hydrogen) atoms. The number of pyridine rings is 1. The molecule has 0 radical (unpaired) electrons. The number of rotatable bonds is 0. The van der Waals surface area contributed by atoms with Crippen LogP contribution < -0.4 is 0 Å². The van der Waals surface area contributed by atoms with E-state index in [1.54, 1.807) is 13.8 Å². The largest absolute Gasteiger partial charge is 0.449 e. The highest BCUT2D eigenvalue weighted by Crippen LogP contribution is 2.31. The molecule has 0 spiro atoms. The smallest absolute Gasteiger partial charge is 0.333 e. The predicted molar refractivity (Wildman–Crippen MR) is 56.1 cm³/mol. The van der Waals surface area contributed by atoms with Gasteiger partial charge < -0.3 is 4.98 Å². The van der Waals surface area contributed by atoms with Crippen LogP contribution in [-0.2, 0) is 6.18 Å². The van der Waals surface area contributed by atoms with E-state index in [1.807, 2.05) is 0 Å². The van der Waals surface area contributed by atoms with E-state index in [1.165, 1.54) is 0 Å². The standard InChI is InChI=1S/C9H7BrF3N3/c1-3-5(10)4(2)14-7-6(3)15-8(16-7)9(11,12)13/h1-2H3,(H,14,15,16). The summed E-state index contributed by atoms with van der Waals surface area (Å²) in [4.78, 5) is 9.66. The fourth-order valence-corrected chi connectivity index (χ4v) is 1.72. The zero-order valence-corrected chi connectivity index (χ0v) is 9.99. The predicted octanol–water partition coefficient (Wildman–Crippen LogP) is 3.36. The Morgan fingerprint density at radius 2 is 1.81 bits per heavy atom. The summed E-state index contributed by atoms with van der Waals surface area (Å²) < 4.78 is 38.0. The van der Waals surface area contributed by atoms with Crippen LogP contribution in [0.25, 0.3) is 11.2 Å². The summed E-state index contributed by atoms with van der Waals surface area (Å²) in [5.41, 5.74) is 1.69. The molecule has 86 valence electrons. The second-order valence-electron chi connectivity index (χ2n) is 3.42. The number of alkyl halides is 3. The minimum atomic E-state index is -4.48. The van der Waals surface area contributed by atoms with Crippen molar-refractivity contribution in [2.75, 3.05) is 0 Å². The average molecular weight is 294 g/mol. The topological polar surface area (TPSA) is 41.6 Å². The van der Waals surface area contributed by atoms with E-state index in [-0.39, 0.29) is 5.65 Å². The summed E-state index contributed by atoms with van der Waals surface area (Å²) in [6, 6.07) is 0. The van der Waals surface area contributed by atoms with Crippen LogP contribution in [0.3, 0.4) is 0 Å². The molecule has 2 rings (SSSR count). The molecule has 0 amide bonds. The second-order valence-corrected chi connectivity index (χ2v) is 4.21. The fraction of sp³-hybridized carbons (Fsp3) is 0.333. The quantitative estimate of drug-likeness (QED) is 0.809. The number of imidazole rings is 1. The Balaban J connectivity index is 2.77. The first-order valence-electron chi connectivity index (χ1n) is 4.40. The van der Waals surface area contributed by atoms with Gasteiger partial charge in [0.2, 0.25) is 5.82 Å². The maximum Gasteiger partial charge on any atom is 0.449 e. The Morgan fingerprint density at radius 3 is 2.38 bits per heavy atom. The van der Waals surface area contributed by atoms with Crippen LogP contribution in [0, 0.1) is 13.8 Å². The minimum Gasteiger partial charge on any atom is -0.333 e. The normalized spacial score (nSPS) is 12.4. The summed E-state index contributed by atoms with van der Waals surface area (Å²) in [6.07, 6.45) is -4.48. The summed E-state index contributed by atoms with van der Waals surface area (Å²) in [5, 5.41) is 0. The first kappa shape index (κ1) is 11.4. The molecule has 2 aromatic heterocycles. The van der Waals surface area contributed by atoms with Crippen molar-refractivity contribution in [2.45, 2.75) is 20.0 Å². The molecule has 7 heteroatoms. The number of nitrogens with one attached hydrogen (secondary N) is 1. The number of fused-ring (bicyclic) bond motifs is 1.